The number of imide groups is 1. The molecule has 0 radical (unpaired) electrons. The second-order valence-electron chi connectivity index (χ2n) is 9.67. The fourth-order valence-electron chi connectivity index (χ4n) is 2.93. The summed E-state index contributed by atoms with van der Waals surface area (Å²) in [5, 5.41) is 1.92. The van der Waals surface area contributed by atoms with Gasteiger partial charge in [-0.15, -0.1) is 0 Å². The van der Waals surface area contributed by atoms with Crippen LogP contribution in [-0.2, 0) is 9.47 Å². The number of aldehydes is 1. The van der Waals surface area contributed by atoms with Crippen LogP contribution in [-0.4, -0.2) is 47.7 Å². The van der Waals surface area contributed by atoms with Crippen molar-refractivity contribution in [2.45, 2.75) is 66.1 Å². The second kappa shape index (κ2) is 10.0. The zero-order valence-corrected chi connectivity index (χ0v) is 20.0. The van der Waals surface area contributed by atoms with Crippen molar-refractivity contribution < 1.29 is 28.6 Å². The molecule has 7 heteroatoms. The van der Waals surface area contributed by atoms with Gasteiger partial charge in [-0.25, -0.2) is 14.5 Å². The molecule has 0 bridgehead atoms. The first-order valence-corrected chi connectivity index (χ1v) is 10.6. The predicted molar refractivity (Wildman–Crippen MR) is 123 cm³/mol. The van der Waals surface area contributed by atoms with E-state index in [4.69, 9.17) is 14.2 Å². The van der Waals surface area contributed by atoms with Gasteiger partial charge in [0.2, 0.25) is 0 Å². The first-order chi connectivity index (χ1) is 14.8. The minimum Gasteiger partial charge on any atom is -0.493 e. The third kappa shape index (κ3) is 7.55. The molecule has 0 N–H and O–H groups in total. The lowest BCUT2D eigenvalue weighted by Crippen LogP contribution is -2.44. The Labute approximate surface area is 189 Å². The van der Waals surface area contributed by atoms with Gasteiger partial charge in [-0.05, 0) is 77.8 Å². The van der Waals surface area contributed by atoms with Crippen LogP contribution in [0, 0.1) is 6.92 Å². The van der Waals surface area contributed by atoms with Gasteiger partial charge >= 0.3 is 12.2 Å². The van der Waals surface area contributed by atoms with E-state index in [1.807, 2.05) is 31.2 Å². The number of ether oxygens (including phenoxy) is 3. The van der Waals surface area contributed by atoms with Gasteiger partial charge in [0, 0.05) is 6.54 Å². The Kier molecular flexibility index (Phi) is 7.88. The average molecular weight is 444 g/mol. The Morgan fingerprint density at radius 2 is 1.50 bits per heavy atom. The summed E-state index contributed by atoms with van der Waals surface area (Å²) in [6, 6.07) is 9.57. The van der Waals surface area contributed by atoms with Gasteiger partial charge < -0.3 is 14.2 Å². The summed E-state index contributed by atoms with van der Waals surface area (Å²) in [6.45, 7) is 12.6. The van der Waals surface area contributed by atoms with E-state index < -0.39 is 23.4 Å². The predicted octanol–water partition coefficient (Wildman–Crippen LogP) is 5.90. The minimum atomic E-state index is -0.776. The van der Waals surface area contributed by atoms with Crippen LogP contribution in [0.2, 0.25) is 0 Å². The van der Waals surface area contributed by atoms with Crippen molar-refractivity contribution in [3.05, 3.63) is 41.5 Å². The molecule has 0 aliphatic carbocycles. The summed E-state index contributed by atoms with van der Waals surface area (Å²) in [5.41, 5.74) is 0.0384. The first kappa shape index (κ1) is 25.2. The monoisotopic (exact) mass is 443 g/mol. The molecule has 2 rings (SSSR count). The standard InChI is InChI=1S/C25H33NO6/c1-17-9-10-18-14-20(16-27)21(15-19(18)13-17)30-12-8-11-26(22(28)31-24(2,3)4)23(29)32-25(5,6)7/h9-10,13-16H,8,11-12H2,1-7H3. The zero-order valence-electron chi connectivity index (χ0n) is 20.0. The molecular weight excluding hydrogens is 410 g/mol. The largest absolute Gasteiger partial charge is 0.493 e. The summed E-state index contributed by atoms with van der Waals surface area (Å²) in [4.78, 5) is 37.5. The Hall–Kier alpha value is -3.09. The highest BCUT2D eigenvalue weighted by Gasteiger charge is 2.30. The van der Waals surface area contributed by atoms with Crippen molar-refractivity contribution in [1.29, 1.82) is 0 Å². The van der Waals surface area contributed by atoms with Gasteiger partial charge in [0.15, 0.2) is 6.29 Å². The van der Waals surface area contributed by atoms with E-state index >= 15 is 0 Å². The molecule has 0 aliphatic rings. The van der Waals surface area contributed by atoms with Crippen LogP contribution in [0.1, 0.15) is 63.9 Å². The number of fused-ring (bicyclic) bond motifs is 1. The van der Waals surface area contributed by atoms with E-state index in [2.05, 4.69) is 0 Å². The lowest BCUT2D eigenvalue weighted by molar-refractivity contribution is 0.000793. The molecule has 2 aromatic rings. The molecule has 0 saturated carbocycles. The van der Waals surface area contributed by atoms with Crippen LogP contribution < -0.4 is 4.74 Å². The molecule has 0 atom stereocenters. The molecule has 0 heterocycles. The van der Waals surface area contributed by atoms with E-state index in [-0.39, 0.29) is 13.2 Å². The SMILES string of the molecule is Cc1ccc2cc(C=O)c(OCCCN(C(=O)OC(C)(C)C)C(=O)OC(C)(C)C)cc2c1. The van der Waals surface area contributed by atoms with Gasteiger partial charge in [-0.3, -0.25) is 4.79 Å². The lowest BCUT2D eigenvalue weighted by atomic mass is 10.0. The quantitative estimate of drug-likeness (QED) is 0.408. The molecule has 0 fully saturated rings. The highest BCUT2D eigenvalue weighted by Crippen LogP contribution is 2.26. The van der Waals surface area contributed by atoms with E-state index in [0.29, 0.717) is 17.7 Å². The molecule has 0 saturated heterocycles. The maximum atomic E-state index is 12.5. The molecule has 2 aromatic carbocycles. The van der Waals surface area contributed by atoms with Crippen molar-refractivity contribution in [2.75, 3.05) is 13.2 Å². The molecule has 0 unspecified atom stereocenters. The molecule has 7 nitrogen and oxygen atoms in total. The third-order valence-corrected chi connectivity index (χ3v) is 4.26. The number of amides is 2. The van der Waals surface area contributed by atoms with E-state index in [0.717, 1.165) is 27.5 Å². The van der Waals surface area contributed by atoms with Crippen LogP contribution >= 0.6 is 0 Å². The van der Waals surface area contributed by atoms with Gasteiger partial charge in [0.1, 0.15) is 17.0 Å². The summed E-state index contributed by atoms with van der Waals surface area (Å²) in [7, 11) is 0. The molecule has 2 amide bonds. The highest BCUT2D eigenvalue weighted by atomic mass is 16.6. The Morgan fingerprint density at radius 3 is 2.03 bits per heavy atom. The Bertz CT molecular complexity index is 956. The Morgan fingerprint density at radius 1 is 0.906 bits per heavy atom. The van der Waals surface area contributed by atoms with E-state index in [1.54, 1.807) is 47.6 Å². The number of hydrogen-bond donors (Lipinski definition) is 0. The molecule has 174 valence electrons. The molecule has 0 spiro atoms. The normalized spacial score (nSPS) is 11.7. The maximum Gasteiger partial charge on any atom is 0.419 e. The number of rotatable bonds is 6. The van der Waals surface area contributed by atoms with Crippen LogP contribution in [0.5, 0.6) is 5.75 Å². The number of aryl methyl sites for hydroxylation is 1. The molecule has 0 aromatic heterocycles. The topological polar surface area (TPSA) is 82.1 Å². The average Bonchev–Trinajstić information content (AvgIpc) is 2.64. The number of carbonyl (C=O) groups excluding carboxylic acids is 3. The van der Waals surface area contributed by atoms with Crippen molar-refractivity contribution in [3.8, 4) is 5.75 Å². The third-order valence-electron chi connectivity index (χ3n) is 4.26. The maximum absolute atomic E-state index is 12.5. The second-order valence-corrected chi connectivity index (χ2v) is 9.67. The fraction of sp³-hybridized carbons (Fsp3) is 0.480. The van der Waals surface area contributed by atoms with Crippen molar-refractivity contribution in [1.82, 2.24) is 4.90 Å². The smallest absolute Gasteiger partial charge is 0.419 e. The lowest BCUT2D eigenvalue weighted by Gasteiger charge is -2.28. The van der Waals surface area contributed by atoms with Crippen molar-refractivity contribution >= 4 is 29.2 Å². The summed E-state index contributed by atoms with van der Waals surface area (Å²) in [6.07, 6.45) is -0.464. The highest BCUT2D eigenvalue weighted by molar-refractivity contribution is 5.92. The Balaban J connectivity index is 2.09. The van der Waals surface area contributed by atoms with Crippen LogP contribution in [0.3, 0.4) is 0 Å². The molecular formula is C25H33NO6. The number of nitrogens with zero attached hydrogens (tertiary/aromatic N) is 1. The van der Waals surface area contributed by atoms with Crippen LogP contribution in [0.25, 0.3) is 10.8 Å². The summed E-state index contributed by atoms with van der Waals surface area (Å²) >= 11 is 0. The van der Waals surface area contributed by atoms with Crippen LogP contribution in [0.4, 0.5) is 9.59 Å². The van der Waals surface area contributed by atoms with Crippen molar-refractivity contribution in [2.24, 2.45) is 0 Å². The summed E-state index contributed by atoms with van der Waals surface area (Å²) < 4.78 is 16.5. The summed E-state index contributed by atoms with van der Waals surface area (Å²) in [5.74, 6) is 0.458. The van der Waals surface area contributed by atoms with Gasteiger partial charge in [0.05, 0.1) is 12.2 Å². The number of carbonyl (C=O) groups is 3. The van der Waals surface area contributed by atoms with Crippen molar-refractivity contribution in [3.63, 3.8) is 0 Å². The van der Waals surface area contributed by atoms with E-state index in [1.165, 1.54) is 0 Å². The minimum absolute atomic E-state index is 0.0486. The van der Waals surface area contributed by atoms with Crippen LogP contribution in [0.15, 0.2) is 30.3 Å². The fourth-order valence-corrected chi connectivity index (χ4v) is 2.93. The first-order valence-electron chi connectivity index (χ1n) is 10.6. The van der Waals surface area contributed by atoms with Gasteiger partial charge in [0.25, 0.3) is 0 Å². The van der Waals surface area contributed by atoms with E-state index in [9.17, 15) is 14.4 Å². The molecule has 0 aliphatic heterocycles. The zero-order chi connectivity index (χ0) is 24.1. The number of hydrogen-bond acceptors (Lipinski definition) is 6. The molecule has 32 heavy (non-hydrogen) atoms. The number of benzene rings is 2. The van der Waals surface area contributed by atoms with Gasteiger partial charge in [-0.2, -0.15) is 0 Å². The van der Waals surface area contributed by atoms with Gasteiger partial charge in [-0.1, -0.05) is 23.8 Å².